The van der Waals surface area contributed by atoms with Crippen molar-refractivity contribution in [2.45, 2.75) is 25.2 Å². The molecule has 108 valence electrons. The second-order valence-electron chi connectivity index (χ2n) is 6.03. The lowest BCUT2D eigenvalue weighted by Gasteiger charge is -2.26. The fraction of sp³-hybridized carbons (Fsp3) is 0.316. The largest absolute Gasteiger partial charge is 0.378 e. The summed E-state index contributed by atoms with van der Waals surface area (Å²) in [6.45, 7) is 0. The first-order valence-electron chi connectivity index (χ1n) is 7.57. The van der Waals surface area contributed by atoms with Crippen molar-refractivity contribution < 1.29 is 4.79 Å². The number of hydrogen-bond acceptors (Lipinski definition) is 2. The molecule has 0 atom stereocenters. The zero-order valence-corrected chi connectivity index (χ0v) is 12.7. The van der Waals surface area contributed by atoms with E-state index in [2.05, 4.69) is 12.1 Å². The van der Waals surface area contributed by atoms with Gasteiger partial charge in [-0.3, -0.25) is 4.79 Å². The minimum Gasteiger partial charge on any atom is -0.378 e. The van der Waals surface area contributed by atoms with E-state index >= 15 is 0 Å². The monoisotopic (exact) mass is 279 g/mol. The third-order valence-electron chi connectivity index (χ3n) is 4.35. The van der Waals surface area contributed by atoms with Gasteiger partial charge in [-0.2, -0.15) is 0 Å². The van der Waals surface area contributed by atoms with E-state index in [0.717, 1.165) is 16.8 Å². The quantitative estimate of drug-likeness (QED) is 0.780. The Kier molecular flexibility index (Phi) is 3.78. The van der Waals surface area contributed by atoms with Gasteiger partial charge < -0.3 is 4.90 Å². The number of carbonyl (C=O) groups excluding carboxylic acids is 1. The number of benzene rings is 2. The summed E-state index contributed by atoms with van der Waals surface area (Å²) >= 11 is 0. The topological polar surface area (TPSA) is 20.3 Å². The van der Waals surface area contributed by atoms with Crippen LogP contribution in [0, 0.1) is 0 Å². The Morgan fingerprint density at radius 1 is 1.00 bits per heavy atom. The molecule has 0 unspecified atom stereocenters. The van der Waals surface area contributed by atoms with Crippen molar-refractivity contribution in [3.05, 3.63) is 65.2 Å². The standard InChI is InChI=1S/C19H21NO/c1-20(2)18-11-5-10-17(13-18)19(21)16-9-4-8-15(12-16)14-6-3-7-14/h4-5,8-14H,3,6-7H2,1-2H3. The number of nitrogens with zero attached hydrogens (tertiary/aromatic N) is 1. The van der Waals surface area contributed by atoms with E-state index < -0.39 is 0 Å². The van der Waals surface area contributed by atoms with Crippen molar-refractivity contribution in [3.63, 3.8) is 0 Å². The number of ketones is 1. The molecule has 1 fully saturated rings. The second-order valence-corrected chi connectivity index (χ2v) is 6.03. The molecule has 0 aromatic heterocycles. The van der Waals surface area contributed by atoms with Gasteiger partial charge in [0, 0.05) is 30.9 Å². The van der Waals surface area contributed by atoms with Crippen molar-refractivity contribution >= 4 is 11.5 Å². The maximum absolute atomic E-state index is 12.7. The summed E-state index contributed by atoms with van der Waals surface area (Å²) in [4.78, 5) is 14.7. The van der Waals surface area contributed by atoms with Crippen LogP contribution in [0.4, 0.5) is 5.69 Å². The molecule has 0 amide bonds. The van der Waals surface area contributed by atoms with E-state index in [0.29, 0.717) is 5.92 Å². The summed E-state index contributed by atoms with van der Waals surface area (Å²) in [5.74, 6) is 0.769. The van der Waals surface area contributed by atoms with Crippen molar-refractivity contribution in [1.29, 1.82) is 0 Å². The molecule has 0 radical (unpaired) electrons. The molecule has 1 saturated carbocycles. The number of carbonyl (C=O) groups is 1. The van der Waals surface area contributed by atoms with Gasteiger partial charge in [-0.15, -0.1) is 0 Å². The van der Waals surface area contributed by atoms with Crippen LogP contribution >= 0.6 is 0 Å². The first-order valence-corrected chi connectivity index (χ1v) is 7.57. The van der Waals surface area contributed by atoms with Crippen LogP contribution in [0.15, 0.2) is 48.5 Å². The van der Waals surface area contributed by atoms with Gasteiger partial charge in [0.15, 0.2) is 5.78 Å². The molecule has 2 aromatic carbocycles. The van der Waals surface area contributed by atoms with Crippen LogP contribution in [0.25, 0.3) is 0 Å². The smallest absolute Gasteiger partial charge is 0.193 e. The molecular formula is C19H21NO. The van der Waals surface area contributed by atoms with E-state index in [1.165, 1.54) is 24.8 Å². The van der Waals surface area contributed by atoms with Crippen LogP contribution in [-0.2, 0) is 0 Å². The van der Waals surface area contributed by atoms with E-state index in [1.807, 2.05) is 55.4 Å². The molecule has 1 aliphatic rings. The molecule has 2 heteroatoms. The molecule has 0 heterocycles. The highest BCUT2D eigenvalue weighted by molar-refractivity contribution is 6.09. The molecule has 0 aliphatic heterocycles. The Morgan fingerprint density at radius 2 is 1.67 bits per heavy atom. The van der Waals surface area contributed by atoms with Gasteiger partial charge in [-0.25, -0.2) is 0 Å². The molecule has 0 N–H and O–H groups in total. The summed E-state index contributed by atoms with van der Waals surface area (Å²) in [5.41, 5.74) is 3.93. The van der Waals surface area contributed by atoms with Crippen LogP contribution in [0.2, 0.25) is 0 Å². The normalized spacial score (nSPS) is 14.6. The van der Waals surface area contributed by atoms with Gasteiger partial charge in [0.1, 0.15) is 0 Å². The maximum atomic E-state index is 12.7. The molecule has 0 spiro atoms. The zero-order valence-electron chi connectivity index (χ0n) is 12.7. The zero-order chi connectivity index (χ0) is 14.8. The first kappa shape index (κ1) is 13.9. The van der Waals surface area contributed by atoms with E-state index in [-0.39, 0.29) is 5.78 Å². The van der Waals surface area contributed by atoms with E-state index in [1.54, 1.807) is 0 Å². The minimum atomic E-state index is 0.111. The Labute approximate surface area is 126 Å². The van der Waals surface area contributed by atoms with Crippen molar-refractivity contribution in [3.8, 4) is 0 Å². The van der Waals surface area contributed by atoms with Crippen molar-refractivity contribution in [2.24, 2.45) is 0 Å². The Bertz CT molecular complexity index is 656. The molecule has 2 nitrogen and oxygen atoms in total. The number of rotatable bonds is 4. The van der Waals surface area contributed by atoms with Crippen LogP contribution in [0.1, 0.15) is 46.7 Å². The van der Waals surface area contributed by atoms with Gasteiger partial charge in [0.25, 0.3) is 0 Å². The third-order valence-corrected chi connectivity index (χ3v) is 4.35. The summed E-state index contributed by atoms with van der Waals surface area (Å²) < 4.78 is 0. The fourth-order valence-electron chi connectivity index (χ4n) is 2.77. The van der Waals surface area contributed by atoms with E-state index in [9.17, 15) is 4.79 Å². The highest BCUT2D eigenvalue weighted by Crippen LogP contribution is 2.36. The molecular weight excluding hydrogens is 258 g/mol. The average molecular weight is 279 g/mol. The Hall–Kier alpha value is -2.09. The third kappa shape index (κ3) is 2.85. The van der Waals surface area contributed by atoms with Crippen molar-refractivity contribution in [2.75, 3.05) is 19.0 Å². The van der Waals surface area contributed by atoms with Crippen molar-refractivity contribution in [1.82, 2.24) is 0 Å². The molecule has 2 aromatic rings. The van der Waals surface area contributed by atoms with Gasteiger partial charge >= 0.3 is 0 Å². The summed E-state index contributed by atoms with van der Waals surface area (Å²) in [6, 6.07) is 16.0. The molecule has 0 saturated heterocycles. The SMILES string of the molecule is CN(C)c1cccc(C(=O)c2cccc(C3CCC3)c2)c1. The summed E-state index contributed by atoms with van der Waals surface area (Å²) in [7, 11) is 3.97. The minimum absolute atomic E-state index is 0.111. The number of anilines is 1. The summed E-state index contributed by atoms with van der Waals surface area (Å²) in [5, 5.41) is 0. The number of hydrogen-bond donors (Lipinski definition) is 0. The lowest BCUT2D eigenvalue weighted by Crippen LogP contribution is -2.11. The van der Waals surface area contributed by atoms with Gasteiger partial charge in [0.05, 0.1) is 0 Å². The molecule has 1 aliphatic carbocycles. The first-order chi connectivity index (χ1) is 10.1. The second kappa shape index (κ2) is 5.72. The van der Waals surface area contributed by atoms with Gasteiger partial charge in [-0.05, 0) is 42.5 Å². The fourth-order valence-corrected chi connectivity index (χ4v) is 2.77. The molecule has 21 heavy (non-hydrogen) atoms. The van der Waals surface area contributed by atoms with E-state index in [4.69, 9.17) is 0 Å². The highest BCUT2D eigenvalue weighted by atomic mass is 16.1. The Balaban J connectivity index is 1.89. The lowest BCUT2D eigenvalue weighted by atomic mass is 9.79. The van der Waals surface area contributed by atoms with Crippen LogP contribution < -0.4 is 4.90 Å². The molecule has 3 rings (SSSR count). The summed E-state index contributed by atoms with van der Waals surface area (Å²) in [6.07, 6.45) is 3.83. The van der Waals surface area contributed by atoms with Crippen LogP contribution in [0.3, 0.4) is 0 Å². The van der Waals surface area contributed by atoms with Crippen LogP contribution in [0.5, 0.6) is 0 Å². The van der Waals surface area contributed by atoms with Gasteiger partial charge in [0.2, 0.25) is 0 Å². The van der Waals surface area contributed by atoms with Gasteiger partial charge in [-0.1, -0.05) is 36.8 Å². The lowest BCUT2D eigenvalue weighted by molar-refractivity contribution is 0.103. The maximum Gasteiger partial charge on any atom is 0.193 e. The predicted molar refractivity (Wildman–Crippen MR) is 87.2 cm³/mol. The average Bonchev–Trinajstić information content (AvgIpc) is 2.45. The predicted octanol–water partition coefficient (Wildman–Crippen LogP) is 4.25. The highest BCUT2D eigenvalue weighted by Gasteiger charge is 2.20. The van der Waals surface area contributed by atoms with Crippen LogP contribution in [-0.4, -0.2) is 19.9 Å². The molecule has 0 bridgehead atoms. The Morgan fingerprint density at radius 3 is 2.29 bits per heavy atom.